The highest BCUT2D eigenvalue weighted by atomic mass is 16.3. The van der Waals surface area contributed by atoms with E-state index >= 15 is 0 Å². The summed E-state index contributed by atoms with van der Waals surface area (Å²) in [6.45, 7) is 0. The Morgan fingerprint density at radius 2 is 0.982 bits per heavy atom. The lowest BCUT2D eigenvalue weighted by Crippen LogP contribution is -2.10. The van der Waals surface area contributed by atoms with Crippen molar-refractivity contribution in [3.63, 3.8) is 0 Å². The maximum atomic E-state index is 6.61. The summed E-state index contributed by atoms with van der Waals surface area (Å²) in [6.07, 6.45) is 0. The zero-order chi connectivity index (χ0) is 36.3. The Hall–Kier alpha value is -7.36. The Balaban J connectivity index is 1.03. The van der Waals surface area contributed by atoms with Crippen LogP contribution in [0.4, 0.5) is 17.1 Å². The van der Waals surface area contributed by atoms with Crippen molar-refractivity contribution < 1.29 is 4.42 Å². The number of hydrogen-bond donors (Lipinski definition) is 0. The molecule has 0 unspecified atom stereocenters. The van der Waals surface area contributed by atoms with Crippen LogP contribution in [0.15, 0.2) is 211 Å². The second-order valence-corrected chi connectivity index (χ2v) is 14.1. The van der Waals surface area contributed by atoms with Crippen LogP contribution in [-0.4, -0.2) is 4.57 Å². The first-order valence-corrected chi connectivity index (χ1v) is 18.8. The molecule has 0 radical (unpaired) electrons. The minimum Gasteiger partial charge on any atom is -0.454 e. The Morgan fingerprint density at radius 3 is 1.80 bits per heavy atom. The van der Waals surface area contributed by atoms with Crippen molar-refractivity contribution in [3.8, 4) is 27.9 Å². The Bertz CT molecular complexity index is 3180. The molecule has 0 aliphatic rings. The van der Waals surface area contributed by atoms with Gasteiger partial charge in [-0.2, -0.15) is 0 Å². The fourth-order valence-corrected chi connectivity index (χ4v) is 8.41. The standard InChI is InChI=1S/C52H34N2O/c1-2-14-39(15-3-1)54-48-21-8-6-17-44(48)47-34-38(28-33-49(47)54)35-24-29-40(30-25-35)53(50-22-11-20-46-45-18-7-9-23-51(45)55-52(46)50)41-31-26-37(27-32-41)43-19-10-13-36-12-4-5-16-42(36)43/h1-34H. The van der Waals surface area contributed by atoms with Crippen LogP contribution in [0.3, 0.4) is 0 Å². The first-order valence-electron chi connectivity index (χ1n) is 18.8. The number of anilines is 3. The largest absolute Gasteiger partial charge is 0.454 e. The predicted molar refractivity (Wildman–Crippen MR) is 231 cm³/mol. The summed E-state index contributed by atoms with van der Waals surface area (Å²) < 4.78 is 8.97. The lowest BCUT2D eigenvalue weighted by atomic mass is 9.98. The van der Waals surface area contributed by atoms with E-state index < -0.39 is 0 Å². The molecule has 55 heavy (non-hydrogen) atoms. The molecule has 2 aromatic heterocycles. The second kappa shape index (κ2) is 12.6. The van der Waals surface area contributed by atoms with Crippen LogP contribution < -0.4 is 4.90 Å². The van der Waals surface area contributed by atoms with Crippen molar-refractivity contribution in [2.24, 2.45) is 0 Å². The minimum absolute atomic E-state index is 0.867. The molecule has 9 aromatic carbocycles. The first kappa shape index (κ1) is 31.2. The molecule has 0 N–H and O–H groups in total. The van der Waals surface area contributed by atoms with Crippen molar-refractivity contribution in [2.75, 3.05) is 4.90 Å². The normalized spacial score (nSPS) is 11.6. The average molecular weight is 703 g/mol. The van der Waals surface area contributed by atoms with E-state index in [0.717, 1.165) is 50.3 Å². The van der Waals surface area contributed by atoms with Crippen molar-refractivity contribution in [1.82, 2.24) is 4.57 Å². The molecular weight excluding hydrogens is 669 g/mol. The van der Waals surface area contributed by atoms with E-state index in [0.29, 0.717) is 0 Å². The molecule has 0 saturated carbocycles. The third-order valence-corrected chi connectivity index (χ3v) is 11.0. The Morgan fingerprint density at radius 1 is 0.382 bits per heavy atom. The van der Waals surface area contributed by atoms with Gasteiger partial charge in [-0.25, -0.2) is 0 Å². The SMILES string of the molecule is c1ccc(-n2c3ccccc3c3cc(-c4ccc(N(c5ccc(-c6cccc7ccccc67)cc5)c5cccc6c5oc5ccccc56)cc4)ccc32)cc1. The summed E-state index contributed by atoms with van der Waals surface area (Å²) >= 11 is 0. The lowest BCUT2D eigenvalue weighted by Gasteiger charge is -2.26. The zero-order valence-corrected chi connectivity index (χ0v) is 29.9. The molecule has 0 amide bonds. The van der Waals surface area contributed by atoms with Gasteiger partial charge in [-0.3, -0.25) is 0 Å². The summed E-state index contributed by atoms with van der Waals surface area (Å²) in [5.74, 6) is 0. The van der Waals surface area contributed by atoms with Crippen LogP contribution in [0.1, 0.15) is 0 Å². The summed E-state index contributed by atoms with van der Waals surface area (Å²) in [4.78, 5) is 2.32. The molecule has 11 aromatic rings. The third kappa shape index (κ3) is 5.13. The van der Waals surface area contributed by atoms with Gasteiger partial charge in [0.1, 0.15) is 5.58 Å². The number of benzene rings is 9. The van der Waals surface area contributed by atoms with E-state index in [4.69, 9.17) is 4.42 Å². The number of furan rings is 1. The molecule has 0 aliphatic carbocycles. The molecule has 0 spiro atoms. The molecule has 0 atom stereocenters. The lowest BCUT2D eigenvalue weighted by molar-refractivity contribution is 0.669. The van der Waals surface area contributed by atoms with Gasteiger partial charge in [0.25, 0.3) is 0 Å². The van der Waals surface area contributed by atoms with Gasteiger partial charge in [0.2, 0.25) is 0 Å². The number of hydrogen-bond acceptors (Lipinski definition) is 2. The predicted octanol–water partition coefficient (Wildman–Crippen LogP) is 14.6. The van der Waals surface area contributed by atoms with E-state index in [1.807, 2.05) is 12.1 Å². The number of para-hydroxylation sites is 4. The van der Waals surface area contributed by atoms with Crippen molar-refractivity contribution >= 4 is 71.6 Å². The summed E-state index contributed by atoms with van der Waals surface area (Å²) in [5.41, 5.74) is 13.2. The summed E-state index contributed by atoms with van der Waals surface area (Å²) in [7, 11) is 0. The van der Waals surface area contributed by atoms with E-state index in [1.54, 1.807) is 0 Å². The zero-order valence-electron chi connectivity index (χ0n) is 29.9. The van der Waals surface area contributed by atoms with Crippen LogP contribution in [0.2, 0.25) is 0 Å². The quantitative estimate of drug-likeness (QED) is 0.172. The maximum Gasteiger partial charge on any atom is 0.159 e. The van der Waals surface area contributed by atoms with Crippen LogP contribution in [0, 0.1) is 0 Å². The van der Waals surface area contributed by atoms with Crippen LogP contribution >= 0.6 is 0 Å². The van der Waals surface area contributed by atoms with Gasteiger partial charge in [0, 0.05) is 38.6 Å². The van der Waals surface area contributed by atoms with Gasteiger partial charge >= 0.3 is 0 Å². The first-order chi connectivity index (χ1) is 27.3. The van der Waals surface area contributed by atoms with E-state index in [1.165, 1.54) is 49.3 Å². The molecule has 3 heteroatoms. The van der Waals surface area contributed by atoms with Crippen LogP contribution in [-0.2, 0) is 0 Å². The smallest absolute Gasteiger partial charge is 0.159 e. The van der Waals surface area contributed by atoms with Gasteiger partial charge in [-0.15, -0.1) is 0 Å². The Kier molecular flexibility index (Phi) is 7.17. The fourth-order valence-electron chi connectivity index (χ4n) is 8.41. The van der Waals surface area contributed by atoms with Gasteiger partial charge in [-0.05, 0) is 99.8 Å². The van der Waals surface area contributed by atoms with Gasteiger partial charge in [-0.1, -0.05) is 140 Å². The number of fused-ring (bicyclic) bond motifs is 7. The molecule has 2 heterocycles. The van der Waals surface area contributed by atoms with Gasteiger partial charge < -0.3 is 13.9 Å². The number of nitrogens with zero attached hydrogens (tertiary/aromatic N) is 2. The monoisotopic (exact) mass is 702 g/mol. The molecule has 0 aliphatic heterocycles. The highest BCUT2D eigenvalue weighted by Gasteiger charge is 2.20. The topological polar surface area (TPSA) is 21.3 Å². The molecule has 11 rings (SSSR count). The van der Waals surface area contributed by atoms with Crippen molar-refractivity contribution in [1.29, 1.82) is 0 Å². The molecule has 3 nitrogen and oxygen atoms in total. The maximum absolute atomic E-state index is 6.61. The molecule has 0 bridgehead atoms. The van der Waals surface area contributed by atoms with Gasteiger partial charge in [0.05, 0.1) is 16.7 Å². The van der Waals surface area contributed by atoms with E-state index in [-0.39, 0.29) is 0 Å². The van der Waals surface area contributed by atoms with Crippen molar-refractivity contribution in [2.45, 2.75) is 0 Å². The summed E-state index contributed by atoms with van der Waals surface area (Å²) in [6, 6.07) is 73.8. The highest BCUT2D eigenvalue weighted by Crippen LogP contribution is 2.43. The molecule has 0 saturated heterocycles. The average Bonchev–Trinajstić information content (AvgIpc) is 3.81. The third-order valence-electron chi connectivity index (χ3n) is 11.0. The van der Waals surface area contributed by atoms with Crippen LogP contribution in [0.25, 0.3) is 82.5 Å². The van der Waals surface area contributed by atoms with Gasteiger partial charge in [0.15, 0.2) is 5.58 Å². The highest BCUT2D eigenvalue weighted by molar-refractivity contribution is 6.11. The number of rotatable bonds is 6. The van der Waals surface area contributed by atoms with Crippen molar-refractivity contribution in [3.05, 3.63) is 206 Å². The van der Waals surface area contributed by atoms with E-state index in [2.05, 4.69) is 204 Å². The summed E-state index contributed by atoms with van der Waals surface area (Å²) in [5, 5.41) is 7.20. The molecule has 258 valence electrons. The van der Waals surface area contributed by atoms with E-state index in [9.17, 15) is 0 Å². The minimum atomic E-state index is 0.867. The molecule has 0 fully saturated rings. The number of aromatic nitrogens is 1. The molecular formula is C52H34N2O. The Labute approximate surface area is 318 Å². The fraction of sp³-hybridized carbons (Fsp3) is 0. The van der Waals surface area contributed by atoms with Crippen LogP contribution in [0.5, 0.6) is 0 Å². The second-order valence-electron chi connectivity index (χ2n) is 14.1.